The predicted molar refractivity (Wildman–Crippen MR) is 85.5 cm³/mol. The van der Waals surface area contributed by atoms with E-state index in [4.69, 9.17) is 27.9 Å². The van der Waals surface area contributed by atoms with Crippen molar-refractivity contribution in [2.24, 2.45) is 0 Å². The van der Waals surface area contributed by atoms with Crippen LogP contribution >= 0.6 is 39.1 Å². The van der Waals surface area contributed by atoms with Gasteiger partial charge < -0.3 is 10.1 Å². The third-order valence-corrected chi connectivity index (χ3v) is 4.39. The molecule has 0 aliphatic carbocycles. The summed E-state index contributed by atoms with van der Waals surface area (Å²) in [6.45, 7) is 2.98. The minimum Gasteiger partial charge on any atom is -0.380 e. The molecule has 2 nitrogen and oxygen atoms in total. The first kappa shape index (κ1) is 15.4. The maximum atomic E-state index is 6.24. The van der Waals surface area contributed by atoms with E-state index in [-0.39, 0.29) is 0 Å². The van der Waals surface area contributed by atoms with Gasteiger partial charge in [-0.1, -0.05) is 52.5 Å². The molecule has 0 aromatic heterocycles. The molecular weight excluding hydrogens is 349 g/mol. The van der Waals surface area contributed by atoms with Crippen molar-refractivity contribution >= 4 is 44.8 Å². The van der Waals surface area contributed by atoms with Gasteiger partial charge in [0, 0.05) is 17.1 Å². The van der Waals surface area contributed by atoms with Crippen molar-refractivity contribution in [1.29, 1.82) is 0 Å². The van der Waals surface area contributed by atoms with Crippen molar-refractivity contribution in [3.63, 3.8) is 0 Å². The van der Waals surface area contributed by atoms with Crippen LogP contribution < -0.4 is 5.32 Å². The highest BCUT2D eigenvalue weighted by molar-refractivity contribution is 9.10. The fraction of sp³-hybridized carbons (Fsp3) is 0.571. The van der Waals surface area contributed by atoms with E-state index in [0.717, 1.165) is 42.5 Å². The first-order valence-corrected chi connectivity index (χ1v) is 8.17. The van der Waals surface area contributed by atoms with Gasteiger partial charge in [-0.15, -0.1) is 0 Å². The molecule has 2 atom stereocenters. The van der Waals surface area contributed by atoms with Crippen molar-refractivity contribution in [2.75, 3.05) is 11.9 Å². The molecule has 19 heavy (non-hydrogen) atoms. The maximum absolute atomic E-state index is 6.24. The number of anilines is 1. The third kappa shape index (κ3) is 4.25. The molecule has 1 heterocycles. The van der Waals surface area contributed by atoms with Crippen LogP contribution in [0.15, 0.2) is 16.6 Å². The Morgan fingerprint density at radius 1 is 1.37 bits per heavy atom. The van der Waals surface area contributed by atoms with Crippen LogP contribution in [0.4, 0.5) is 5.69 Å². The smallest absolute Gasteiger partial charge is 0.0721 e. The molecule has 1 aliphatic heterocycles. The normalized spacial score (nSPS) is 23.4. The van der Waals surface area contributed by atoms with Crippen LogP contribution in [0.5, 0.6) is 0 Å². The van der Waals surface area contributed by atoms with Gasteiger partial charge in [0.2, 0.25) is 0 Å². The molecule has 0 radical (unpaired) electrons. The maximum Gasteiger partial charge on any atom is 0.0721 e. The van der Waals surface area contributed by atoms with Gasteiger partial charge in [0.15, 0.2) is 0 Å². The highest BCUT2D eigenvalue weighted by Crippen LogP contribution is 2.35. The van der Waals surface area contributed by atoms with Gasteiger partial charge in [-0.2, -0.15) is 0 Å². The number of nitrogens with one attached hydrogen (secondary N) is 1. The van der Waals surface area contributed by atoms with E-state index in [2.05, 4.69) is 28.2 Å². The monoisotopic (exact) mass is 365 g/mol. The zero-order valence-electron chi connectivity index (χ0n) is 10.9. The molecule has 2 rings (SSSR count). The van der Waals surface area contributed by atoms with Crippen LogP contribution in [0.25, 0.3) is 0 Å². The molecule has 2 unspecified atom stereocenters. The Labute approximate surface area is 132 Å². The summed E-state index contributed by atoms with van der Waals surface area (Å²) < 4.78 is 6.64. The van der Waals surface area contributed by atoms with Crippen LogP contribution in [-0.4, -0.2) is 18.8 Å². The summed E-state index contributed by atoms with van der Waals surface area (Å²) in [6.07, 6.45) is 4.61. The van der Waals surface area contributed by atoms with Crippen molar-refractivity contribution in [2.45, 2.75) is 44.8 Å². The first-order chi connectivity index (χ1) is 9.10. The van der Waals surface area contributed by atoms with Gasteiger partial charge in [0.1, 0.15) is 0 Å². The van der Waals surface area contributed by atoms with Crippen LogP contribution in [0, 0.1) is 0 Å². The lowest BCUT2D eigenvalue weighted by Crippen LogP contribution is -2.34. The number of rotatable bonds is 4. The fourth-order valence-corrected chi connectivity index (χ4v) is 3.74. The topological polar surface area (TPSA) is 21.3 Å². The van der Waals surface area contributed by atoms with Crippen molar-refractivity contribution in [3.05, 3.63) is 26.7 Å². The lowest BCUT2D eigenvalue weighted by Gasteiger charge is -2.31. The molecule has 106 valence electrons. The summed E-state index contributed by atoms with van der Waals surface area (Å²) in [5.41, 5.74) is 0.827. The van der Waals surface area contributed by atoms with E-state index in [1.54, 1.807) is 0 Å². The van der Waals surface area contributed by atoms with Crippen LogP contribution in [0.1, 0.15) is 32.6 Å². The van der Waals surface area contributed by atoms with Crippen molar-refractivity contribution < 1.29 is 4.74 Å². The second-order valence-electron chi connectivity index (χ2n) is 4.89. The average molecular weight is 367 g/mol. The second-order valence-corrected chi connectivity index (χ2v) is 6.62. The van der Waals surface area contributed by atoms with Gasteiger partial charge in [-0.05, 0) is 31.4 Å². The molecule has 0 spiro atoms. The molecule has 1 saturated heterocycles. The van der Waals surface area contributed by atoms with Crippen LogP contribution in [0.2, 0.25) is 10.0 Å². The number of hydrogen-bond donors (Lipinski definition) is 1. The standard InChI is InChI=1S/C14H18BrCl2NO/c1-2-3-11-8-10(4-5-19-11)18-14-12(16)6-9(15)7-13(14)17/h6-7,10-11,18H,2-5,8H2,1H3. The van der Waals surface area contributed by atoms with Crippen molar-refractivity contribution in [1.82, 2.24) is 0 Å². The summed E-state index contributed by atoms with van der Waals surface area (Å²) in [6, 6.07) is 4.10. The van der Waals surface area contributed by atoms with Crippen LogP contribution in [-0.2, 0) is 4.74 Å². The van der Waals surface area contributed by atoms with Gasteiger partial charge >= 0.3 is 0 Å². The quantitative estimate of drug-likeness (QED) is 0.757. The van der Waals surface area contributed by atoms with Gasteiger partial charge in [-0.3, -0.25) is 0 Å². The summed E-state index contributed by atoms with van der Waals surface area (Å²) in [5, 5.41) is 4.77. The number of ether oxygens (including phenoxy) is 1. The zero-order valence-corrected chi connectivity index (χ0v) is 14.0. The first-order valence-electron chi connectivity index (χ1n) is 6.62. The summed E-state index contributed by atoms with van der Waals surface area (Å²) in [5.74, 6) is 0. The Kier molecular flexibility index (Phi) is 5.82. The minimum atomic E-state index is 0.351. The molecular formula is C14H18BrCl2NO. The van der Waals surface area contributed by atoms with Gasteiger partial charge in [-0.25, -0.2) is 0 Å². The van der Waals surface area contributed by atoms with E-state index in [0.29, 0.717) is 22.2 Å². The van der Waals surface area contributed by atoms with Gasteiger partial charge in [0.25, 0.3) is 0 Å². The highest BCUT2D eigenvalue weighted by atomic mass is 79.9. The van der Waals surface area contributed by atoms with E-state index in [1.807, 2.05) is 12.1 Å². The number of halogens is 3. The summed E-state index contributed by atoms with van der Waals surface area (Å²) in [7, 11) is 0. The largest absolute Gasteiger partial charge is 0.380 e. The van der Waals surface area contributed by atoms with E-state index >= 15 is 0 Å². The van der Waals surface area contributed by atoms with E-state index < -0.39 is 0 Å². The molecule has 1 fully saturated rings. The lowest BCUT2D eigenvalue weighted by molar-refractivity contribution is 0.00598. The summed E-state index contributed by atoms with van der Waals surface area (Å²) in [4.78, 5) is 0. The Balaban J connectivity index is 2.04. The Hall–Kier alpha value is 0.0400. The minimum absolute atomic E-state index is 0.351. The molecule has 5 heteroatoms. The molecule has 1 aromatic carbocycles. The number of benzene rings is 1. The molecule has 0 amide bonds. The van der Waals surface area contributed by atoms with Gasteiger partial charge in [0.05, 0.1) is 21.8 Å². The summed E-state index contributed by atoms with van der Waals surface area (Å²) >= 11 is 15.9. The van der Waals surface area contributed by atoms with E-state index in [1.165, 1.54) is 0 Å². The molecule has 0 bridgehead atoms. The average Bonchev–Trinajstić information content (AvgIpc) is 2.35. The highest BCUT2D eigenvalue weighted by Gasteiger charge is 2.23. The second kappa shape index (κ2) is 7.16. The SMILES string of the molecule is CCCC1CC(Nc2c(Cl)cc(Br)cc2Cl)CCO1. The molecule has 1 aromatic rings. The Morgan fingerprint density at radius 2 is 2.05 bits per heavy atom. The van der Waals surface area contributed by atoms with Crippen molar-refractivity contribution in [3.8, 4) is 0 Å². The Morgan fingerprint density at radius 3 is 2.68 bits per heavy atom. The van der Waals surface area contributed by atoms with Crippen LogP contribution in [0.3, 0.4) is 0 Å². The predicted octanol–water partition coefficient (Wildman–Crippen LogP) is 5.52. The number of hydrogen-bond acceptors (Lipinski definition) is 2. The van der Waals surface area contributed by atoms with E-state index in [9.17, 15) is 0 Å². The lowest BCUT2D eigenvalue weighted by atomic mass is 10.00. The zero-order chi connectivity index (χ0) is 13.8. The molecule has 1 N–H and O–H groups in total. The fourth-order valence-electron chi connectivity index (χ4n) is 2.42. The third-order valence-electron chi connectivity index (χ3n) is 3.33. The Bertz CT molecular complexity index is 416. The molecule has 1 aliphatic rings. The molecule has 0 saturated carbocycles.